The van der Waals surface area contributed by atoms with Gasteiger partial charge in [0.15, 0.2) is 5.78 Å². The molecule has 2 N–H and O–H groups in total. The summed E-state index contributed by atoms with van der Waals surface area (Å²) in [5.41, 5.74) is 8.51. The van der Waals surface area contributed by atoms with Gasteiger partial charge < -0.3 is 10.5 Å². The molecule has 0 spiro atoms. The molecule has 0 radical (unpaired) electrons. The zero-order valence-electron chi connectivity index (χ0n) is 11.1. The van der Waals surface area contributed by atoms with Crippen LogP contribution in [0, 0.1) is 6.92 Å². The Kier molecular flexibility index (Phi) is 3.85. The van der Waals surface area contributed by atoms with Crippen LogP contribution in [0.25, 0.3) is 0 Å². The van der Waals surface area contributed by atoms with Crippen molar-refractivity contribution in [1.82, 2.24) is 0 Å². The summed E-state index contributed by atoms with van der Waals surface area (Å²) in [5.74, 6) is 0.498. The molecule has 0 aliphatic heterocycles. The Morgan fingerprint density at radius 1 is 1.16 bits per heavy atom. The van der Waals surface area contributed by atoms with Gasteiger partial charge in [0.1, 0.15) is 5.75 Å². The highest BCUT2D eigenvalue weighted by Gasteiger charge is 2.16. The first-order chi connectivity index (χ1) is 9.13. The Labute approximate surface area is 113 Å². The molecule has 98 valence electrons. The van der Waals surface area contributed by atoms with E-state index in [0.717, 1.165) is 5.56 Å². The lowest BCUT2D eigenvalue weighted by Crippen LogP contribution is -2.07. The predicted molar refractivity (Wildman–Crippen MR) is 76.6 cm³/mol. The summed E-state index contributed by atoms with van der Waals surface area (Å²) in [5, 5.41) is 0. The summed E-state index contributed by atoms with van der Waals surface area (Å²) < 4.78 is 5.50. The summed E-state index contributed by atoms with van der Waals surface area (Å²) in [6, 6.07) is 12.6. The number of ketones is 1. The van der Waals surface area contributed by atoms with Crippen LogP contribution >= 0.6 is 0 Å². The Morgan fingerprint density at radius 3 is 2.58 bits per heavy atom. The molecule has 0 saturated carbocycles. The highest BCUT2D eigenvalue weighted by Crippen LogP contribution is 2.25. The van der Waals surface area contributed by atoms with Crippen LogP contribution < -0.4 is 10.5 Å². The number of ether oxygens (including phenoxy) is 1. The van der Waals surface area contributed by atoms with E-state index in [1.54, 1.807) is 18.2 Å². The van der Waals surface area contributed by atoms with E-state index in [0.29, 0.717) is 29.2 Å². The molecule has 0 aliphatic carbocycles. The highest BCUT2D eigenvalue weighted by atomic mass is 16.5. The first kappa shape index (κ1) is 13.1. The number of hydrogen-bond acceptors (Lipinski definition) is 3. The first-order valence-electron chi connectivity index (χ1n) is 6.26. The molecular formula is C16H17NO2. The van der Waals surface area contributed by atoms with E-state index in [1.165, 1.54) is 0 Å². The van der Waals surface area contributed by atoms with E-state index < -0.39 is 0 Å². The average molecular weight is 255 g/mol. The van der Waals surface area contributed by atoms with Crippen LogP contribution in [-0.4, -0.2) is 12.4 Å². The number of hydrogen-bond donors (Lipinski definition) is 1. The number of rotatable bonds is 4. The molecule has 0 bridgehead atoms. The maximum atomic E-state index is 12.6. The van der Waals surface area contributed by atoms with Crippen LogP contribution in [0.1, 0.15) is 28.4 Å². The minimum Gasteiger partial charge on any atom is -0.493 e. The van der Waals surface area contributed by atoms with Gasteiger partial charge in [-0.15, -0.1) is 0 Å². The number of nitrogens with two attached hydrogens (primary N) is 1. The van der Waals surface area contributed by atoms with Gasteiger partial charge in [0.25, 0.3) is 0 Å². The lowest BCUT2D eigenvalue weighted by Gasteiger charge is -2.11. The number of carbonyl (C=O) groups excluding carboxylic acids is 1. The second kappa shape index (κ2) is 5.57. The number of carbonyl (C=O) groups is 1. The van der Waals surface area contributed by atoms with Crippen LogP contribution in [0.15, 0.2) is 42.5 Å². The van der Waals surface area contributed by atoms with E-state index in [2.05, 4.69) is 0 Å². The summed E-state index contributed by atoms with van der Waals surface area (Å²) in [4.78, 5) is 12.6. The summed E-state index contributed by atoms with van der Waals surface area (Å²) in [7, 11) is 0. The van der Waals surface area contributed by atoms with Gasteiger partial charge in [-0.3, -0.25) is 4.79 Å². The van der Waals surface area contributed by atoms with Gasteiger partial charge in [-0.1, -0.05) is 24.3 Å². The van der Waals surface area contributed by atoms with Crippen molar-refractivity contribution in [3.8, 4) is 5.75 Å². The van der Waals surface area contributed by atoms with Gasteiger partial charge in [-0.05, 0) is 31.5 Å². The molecule has 0 saturated heterocycles. The first-order valence-corrected chi connectivity index (χ1v) is 6.26. The molecule has 3 nitrogen and oxygen atoms in total. The topological polar surface area (TPSA) is 52.3 Å². The predicted octanol–water partition coefficient (Wildman–Crippen LogP) is 3.21. The number of nitrogen functional groups attached to an aromatic ring is 1. The maximum Gasteiger partial charge on any atom is 0.197 e. The lowest BCUT2D eigenvalue weighted by molar-refractivity contribution is 0.103. The second-order valence-corrected chi connectivity index (χ2v) is 4.33. The van der Waals surface area contributed by atoms with Crippen LogP contribution in [0.2, 0.25) is 0 Å². The smallest absolute Gasteiger partial charge is 0.197 e. The minimum absolute atomic E-state index is 0.0402. The van der Waals surface area contributed by atoms with Crippen molar-refractivity contribution in [1.29, 1.82) is 0 Å². The average Bonchev–Trinajstić information content (AvgIpc) is 2.39. The normalized spacial score (nSPS) is 10.2. The Morgan fingerprint density at radius 2 is 1.89 bits per heavy atom. The molecule has 0 aliphatic rings. The lowest BCUT2D eigenvalue weighted by atomic mass is 9.98. The largest absolute Gasteiger partial charge is 0.493 e. The third-order valence-electron chi connectivity index (χ3n) is 2.94. The molecule has 0 atom stereocenters. The van der Waals surface area contributed by atoms with Gasteiger partial charge in [0.2, 0.25) is 0 Å². The van der Waals surface area contributed by atoms with Crippen molar-refractivity contribution in [2.45, 2.75) is 13.8 Å². The molecule has 19 heavy (non-hydrogen) atoms. The van der Waals surface area contributed by atoms with Crippen LogP contribution in [0.4, 0.5) is 5.69 Å². The fourth-order valence-corrected chi connectivity index (χ4v) is 1.97. The molecule has 0 unspecified atom stereocenters. The van der Waals surface area contributed by atoms with Crippen LogP contribution in [-0.2, 0) is 0 Å². The zero-order valence-corrected chi connectivity index (χ0v) is 11.1. The number of aryl methyl sites for hydroxylation is 1. The summed E-state index contributed by atoms with van der Waals surface area (Å²) in [6.07, 6.45) is 0. The van der Waals surface area contributed by atoms with Crippen molar-refractivity contribution in [2.24, 2.45) is 0 Å². The Balaban J connectivity index is 2.47. The van der Waals surface area contributed by atoms with Gasteiger partial charge in [-0.2, -0.15) is 0 Å². The molecule has 2 aromatic carbocycles. The quantitative estimate of drug-likeness (QED) is 0.674. The fourth-order valence-electron chi connectivity index (χ4n) is 1.97. The molecular weight excluding hydrogens is 238 g/mol. The molecule has 0 heterocycles. The van der Waals surface area contributed by atoms with Crippen molar-refractivity contribution in [3.05, 3.63) is 59.2 Å². The van der Waals surface area contributed by atoms with Gasteiger partial charge in [-0.25, -0.2) is 0 Å². The van der Waals surface area contributed by atoms with Crippen molar-refractivity contribution in [2.75, 3.05) is 12.3 Å². The Hall–Kier alpha value is -2.29. The third kappa shape index (κ3) is 2.76. The Bertz CT molecular complexity index is 605. The third-order valence-corrected chi connectivity index (χ3v) is 2.94. The van der Waals surface area contributed by atoms with E-state index in [-0.39, 0.29) is 5.78 Å². The molecule has 0 amide bonds. The minimum atomic E-state index is -0.0402. The van der Waals surface area contributed by atoms with Crippen molar-refractivity contribution < 1.29 is 9.53 Å². The summed E-state index contributed by atoms with van der Waals surface area (Å²) >= 11 is 0. The molecule has 0 fully saturated rings. The zero-order chi connectivity index (χ0) is 13.8. The van der Waals surface area contributed by atoms with E-state index in [4.69, 9.17) is 10.5 Å². The number of anilines is 1. The second-order valence-electron chi connectivity index (χ2n) is 4.33. The van der Waals surface area contributed by atoms with Gasteiger partial charge in [0.05, 0.1) is 12.2 Å². The van der Waals surface area contributed by atoms with Crippen LogP contribution in [0.3, 0.4) is 0 Å². The fraction of sp³-hybridized carbons (Fsp3) is 0.188. The molecule has 0 aromatic heterocycles. The SMILES string of the molecule is CCOc1cc(N)ccc1C(=O)c1ccccc1C. The molecule has 3 heteroatoms. The van der Waals surface area contributed by atoms with Crippen LogP contribution in [0.5, 0.6) is 5.75 Å². The highest BCUT2D eigenvalue weighted by molar-refractivity contribution is 6.11. The van der Waals surface area contributed by atoms with E-state index in [1.807, 2.05) is 38.1 Å². The molecule has 2 rings (SSSR count). The van der Waals surface area contributed by atoms with E-state index in [9.17, 15) is 4.79 Å². The molecule has 2 aromatic rings. The van der Waals surface area contributed by atoms with Crippen molar-refractivity contribution >= 4 is 11.5 Å². The van der Waals surface area contributed by atoms with E-state index >= 15 is 0 Å². The van der Waals surface area contributed by atoms with Gasteiger partial charge in [0, 0.05) is 17.3 Å². The monoisotopic (exact) mass is 255 g/mol. The standard InChI is InChI=1S/C16H17NO2/c1-3-19-15-10-12(17)8-9-14(15)16(18)13-7-5-4-6-11(13)2/h4-10H,3,17H2,1-2H3. The summed E-state index contributed by atoms with van der Waals surface area (Å²) in [6.45, 7) is 4.30. The maximum absolute atomic E-state index is 12.6. The van der Waals surface area contributed by atoms with Gasteiger partial charge >= 0.3 is 0 Å². The van der Waals surface area contributed by atoms with Crippen molar-refractivity contribution in [3.63, 3.8) is 0 Å². The number of benzene rings is 2.